The van der Waals surface area contributed by atoms with Crippen molar-refractivity contribution in [1.29, 1.82) is 0 Å². The maximum Gasteiger partial charge on any atom is 0 e. The van der Waals surface area contributed by atoms with Crippen LogP contribution in [0.15, 0.2) is 41.5 Å². The zero-order chi connectivity index (χ0) is 10.1. The van der Waals surface area contributed by atoms with Gasteiger partial charge in [-0.15, -0.1) is 31.2 Å². The first-order valence-corrected chi connectivity index (χ1v) is 6.09. The van der Waals surface area contributed by atoms with Crippen LogP contribution in [0.4, 0.5) is 0 Å². The Morgan fingerprint density at radius 3 is 2.61 bits per heavy atom. The molecule has 0 aliphatic heterocycles. The quantitative estimate of drug-likeness (QED) is 0.588. The minimum Gasteiger partial charge on any atom is -0.269 e. The van der Waals surface area contributed by atoms with Crippen molar-refractivity contribution in [2.24, 2.45) is 11.8 Å². The molecule has 0 spiro atoms. The van der Waals surface area contributed by atoms with Crippen LogP contribution in [0.5, 0.6) is 0 Å². The van der Waals surface area contributed by atoms with Crippen molar-refractivity contribution in [3.8, 4) is 0 Å². The second-order valence-electron chi connectivity index (χ2n) is 4.74. The van der Waals surface area contributed by atoms with Gasteiger partial charge in [0.2, 0.25) is 0 Å². The van der Waals surface area contributed by atoms with Crippen LogP contribution in [0.1, 0.15) is 32.1 Å². The molecule has 18 heavy (non-hydrogen) atoms. The molecule has 98 valence electrons. The van der Waals surface area contributed by atoms with Gasteiger partial charge in [-0.25, -0.2) is 11.6 Å². The smallest absolute Gasteiger partial charge is 0 e. The van der Waals surface area contributed by atoms with Gasteiger partial charge in [0.1, 0.15) is 0 Å². The van der Waals surface area contributed by atoms with Crippen LogP contribution in [-0.2, 0) is 26.2 Å². The normalized spacial score (nSPS) is 28.0. The van der Waals surface area contributed by atoms with E-state index in [1.807, 2.05) is 0 Å². The molecule has 0 radical (unpaired) electrons. The van der Waals surface area contributed by atoms with Gasteiger partial charge in [0.05, 0.1) is 0 Å². The maximum absolute atomic E-state index is 3.49. The van der Waals surface area contributed by atoms with E-state index in [-0.39, 0.29) is 51.0 Å². The van der Waals surface area contributed by atoms with Gasteiger partial charge in [-0.1, -0.05) is 23.8 Å². The Labute approximate surface area is 142 Å². The Bertz CT molecular complexity index is 380. The zero-order valence-corrected chi connectivity index (χ0v) is 14.5. The molecule has 1 saturated carbocycles. The average molecular weight is 361 g/mol. The van der Waals surface area contributed by atoms with Crippen molar-refractivity contribution in [1.82, 2.24) is 0 Å². The van der Waals surface area contributed by atoms with Crippen molar-refractivity contribution in [3.63, 3.8) is 0 Å². The summed E-state index contributed by atoms with van der Waals surface area (Å²) in [6.07, 6.45) is 21.3. The van der Waals surface area contributed by atoms with Crippen molar-refractivity contribution in [2.75, 3.05) is 0 Å². The van der Waals surface area contributed by atoms with Crippen LogP contribution in [0, 0.1) is 17.9 Å². The molecule has 0 nitrogen and oxygen atoms in total. The van der Waals surface area contributed by atoms with Gasteiger partial charge in [-0.05, 0) is 37.5 Å². The fourth-order valence-corrected chi connectivity index (χ4v) is 3.12. The van der Waals surface area contributed by atoms with Crippen LogP contribution in [0.3, 0.4) is 0 Å². The first-order valence-electron chi connectivity index (χ1n) is 6.09. The standard InChI is InChI=1S/C15H17.2ClH.Zr/c1-2-6-13-10-11-15(14(13)9-3-1)12-7-4-5-8-12;;;/h1,3-4,7,9,13,15H,2,5-6,10-11H2;2*1H;/q-1;;;. The van der Waals surface area contributed by atoms with Crippen molar-refractivity contribution >= 4 is 24.8 Å². The molecule has 0 bridgehead atoms. The molecule has 3 aliphatic carbocycles. The average Bonchev–Trinajstić information content (AvgIpc) is 2.83. The number of hydrogen-bond acceptors (Lipinski definition) is 0. The Morgan fingerprint density at radius 1 is 1.06 bits per heavy atom. The Hall–Kier alpha value is 0.423. The molecular weight excluding hydrogens is 342 g/mol. The third kappa shape index (κ3) is 3.72. The number of allylic oxidation sites excluding steroid dienone is 8. The van der Waals surface area contributed by atoms with E-state index in [9.17, 15) is 0 Å². The fourth-order valence-electron chi connectivity index (χ4n) is 3.12. The Balaban J connectivity index is 0.000000963. The van der Waals surface area contributed by atoms with Gasteiger partial charge in [0, 0.05) is 26.2 Å². The van der Waals surface area contributed by atoms with Gasteiger partial charge in [0.15, 0.2) is 0 Å². The van der Waals surface area contributed by atoms with Crippen LogP contribution in [-0.4, -0.2) is 0 Å². The summed E-state index contributed by atoms with van der Waals surface area (Å²) in [5.41, 5.74) is 3.14. The second-order valence-corrected chi connectivity index (χ2v) is 4.74. The van der Waals surface area contributed by atoms with Gasteiger partial charge in [-0.2, -0.15) is 6.08 Å². The molecular formula is C15H19Cl2Zr-. The minimum atomic E-state index is 0. The monoisotopic (exact) mass is 359 g/mol. The van der Waals surface area contributed by atoms with Gasteiger partial charge < -0.3 is 0 Å². The van der Waals surface area contributed by atoms with Crippen molar-refractivity contribution < 1.29 is 26.2 Å². The van der Waals surface area contributed by atoms with E-state index >= 15 is 0 Å². The summed E-state index contributed by atoms with van der Waals surface area (Å²) in [6.45, 7) is 0. The second kappa shape index (κ2) is 8.57. The predicted octanol–water partition coefficient (Wildman–Crippen LogP) is 4.82. The predicted molar refractivity (Wildman–Crippen MR) is 77.7 cm³/mol. The van der Waals surface area contributed by atoms with E-state index in [1.54, 1.807) is 5.57 Å². The van der Waals surface area contributed by atoms with E-state index in [2.05, 4.69) is 36.5 Å². The molecule has 0 aromatic heterocycles. The summed E-state index contributed by atoms with van der Waals surface area (Å²) in [6, 6.07) is 0. The first-order chi connectivity index (χ1) is 7.45. The van der Waals surface area contributed by atoms with Crippen LogP contribution in [0.25, 0.3) is 0 Å². The Morgan fingerprint density at radius 2 is 1.89 bits per heavy atom. The largest absolute Gasteiger partial charge is 0.269 e. The van der Waals surface area contributed by atoms with E-state index in [0.29, 0.717) is 5.92 Å². The molecule has 0 heterocycles. The SMILES string of the molecule is Cl.Cl.[C-]1=C(C2CCC3CCC=CC=C32)C=CC1.[Zr]. The molecule has 3 aliphatic rings. The number of rotatable bonds is 1. The maximum atomic E-state index is 3.49. The summed E-state index contributed by atoms with van der Waals surface area (Å²) in [5.74, 6) is 1.55. The van der Waals surface area contributed by atoms with Crippen LogP contribution >= 0.6 is 24.8 Å². The van der Waals surface area contributed by atoms with Crippen molar-refractivity contribution in [3.05, 3.63) is 47.6 Å². The molecule has 2 atom stereocenters. The van der Waals surface area contributed by atoms with Gasteiger partial charge in [-0.3, -0.25) is 6.08 Å². The molecule has 3 heteroatoms. The number of fused-ring (bicyclic) bond motifs is 1. The molecule has 2 unspecified atom stereocenters. The molecule has 0 aromatic carbocycles. The minimum absolute atomic E-state index is 0. The first kappa shape index (κ1) is 18.4. The molecule has 0 saturated heterocycles. The molecule has 0 amide bonds. The van der Waals surface area contributed by atoms with E-state index in [0.717, 1.165) is 12.3 Å². The third-order valence-electron chi connectivity index (χ3n) is 3.88. The van der Waals surface area contributed by atoms with Gasteiger partial charge in [0.25, 0.3) is 0 Å². The zero-order valence-electron chi connectivity index (χ0n) is 10.4. The summed E-state index contributed by atoms with van der Waals surface area (Å²) < 4.78 is 0. The van der Waals surface area contributed by atoms with E-state index in [1.165, 1.54) is 31.3 Å². The molecule has 3 rings (SSSR count). The third-order valence-corrected chi connectivity index (χ3v) is 3.88. The summed E-state index contributed by atoms with van der Waals surface area (Å²) >= 11 is 0. The van der Waals surface area contributed by atoms with E-state index < -0.39 is 0 Å². The summed E-state index contributed by atoms with van der Waals surface area (Å²) in [7, 11) is 0. The topological polar surface area (TPSA) is 0 Å². The Kier molecular flexibility index (Phi) is 8.77. The molecule has 1 fully saturated rings. The van der Waals surface area contributed by atoms with Crippen molar-refractivity contribution in [2.45, 2.75) is 32.1 Å². The molecule has 0 aromatic rings. The van der Waals surface area contributed by atoms with Crippen LogP contribution < -0.4 is 0 Å². The summed E-state index contributed by atoms with van der Waals surface area (Å²) in [4.78, 5) is 0. The molecule has 0 N–H and O–H groups in total. The van der Waals surface area contributed by atoms with Crippen LogP contribution in [0.2, 0.25) is 0 Å². The number of hydrogen-bond donors (Lipinski definition) is 0. The van der Waals surface area contributed by atoms with E-state index in [4.69, 9.17) is 0 Å². The van der Waals surface area contributed by atoms with Gasteiger partial charge >= 0.3 is 0 Å². The summed E-state index contributed by atoms with van der Waals surface area (Å²) in [5, 5.41) is 0. The fraction of sp³-hybridized carbons (Fsp3) is 0.467. The number of halogens is 2.